The van der Waals surface area contributed by atoms with Crippen molar-refractivity contribution in [2.45, 2.75) is 69.9 Å². The maximum atomic E-state index is 11.6. The van der Waals surface area contributed by atoms with E-state index in [-0.39, 0.29) is 0 Å². The minimum absolute atomic E-state index is 0.312. The molecule has 0 spiro atoms. The van der Waals surface area contributed by atoms with Gasteiger partial charge in [-0.1, -0.05) is 39.0 Å². The molecule has 0 aliphatic heterocycles. The van der Waals surface area contributed by atoms with Crippen molar-refractivity contribution >= 4 is 11.9 Å². The molecule has 0 aliphatic rings. The van der Waals surface area contributed by atoms with Crippen molar-refractivity contribution in [1.82, 2.24) is 5.32 Å². The maximum Gasteiger partial charge on any atom is 0.335 e. The van der Waals surface area contributed by atoms with Crippen LogP contribution < -0.4 is 5.32 Å². The summed E-state index contributed by atoms with van der Waals surface area (Å²) in [5.74, 6) is -2.68. The van der Waals surface area contributed by atoms with E-state index in [0.29, 0.717) is 6.54 Å². The molecule has 130 valence electrons. The van der Waals surface area contributed by atoms with E-state index >= 15 is 0 Å². The van der Waals surface area contributed by atoms with E-state index < -0.39 is 36.3 Å². The fraction of sp³-hybridized carbons (Fsp3) is 0.857. The lowest BCUT2D eigenvalue weighted by Crippen LogP contribution is -2.52. The molecule has 1 amide bonds. The maximum absolute atomic E-state index is 11.6. The Labute approximate surface area is 129 Å². The Kier molecular flexibility index (Phi) is 10.7. The number of aliphatic hydroxyl groups excluding tert-OH is 4. The minimum Gasteiger partial charge on any atom is -0.479 e. The van der Waals surface area contributed by atoms with E-state index in [1.807, 2.05) is 0 Å². The molecule has 8 heteroatoms. The van der Waals surface area contributed by atoms with Crippen LogP contribution >= 0.6 is 0 Å². The van der Waals surface area contributed by atoms with Crippen molar-refractivity contribution < 1.29 is 35.1 Å². The van der Waals surface area contributed by atoms with Crippen molar-refractivity contribution in [3.63, 3.8) is 0 Å². The van der Waals surface area contributed by atoms with Crippen LogP contribution in [0.4, 0.5) is 0 Å². The molecule has 0 saturated heterocycles. The molecule has 0 rings (SSSR count). The molecule has 0 aliphatic carbocycles. The summed E-state index contributed by atoms with van der Waals surface area (Å²) in [7, 11) is 0. The highest BCUT2D eigenvalue weighted by molar-refractivity contribution is 5.81. The summed E-state index contributed by atoms with van der Waals surface area (Å²) in [5.41, 5.74) is 0. The monoisotopic (exact) mass is 321 g/mol. The quantitative estimate of drug-likeness (QED) is 0.252. The number of carbonyl (C=O) groups is 2. The smallest absolute Gasteiger partial charge is 0.335 e. The van der Waals surface area contributed by atoms with Gasteiger partial charge in [-0.3, -0.25) is 4.79 Å². The van der Waals surface area contributed by atoms with Gasteiger partial charge in [-0.2, -0.15) is 0 Å². The number of hydrogen-bond donors (Lipinski definition) is 6. The molecule has 4 atom stereocenters. The van der Waals surface area contributed by atoms with Crippen molar-refractivity contribution in [2.75, 3.05) is 6.54 Å². The normalized spacial score (nSPS) is 16.6. The first-order valence-corrected chi connectivity index (χ1v) is 7.55. The SMILES string of the molecule is CCCCCCCCNC(=O)C(O)C(O)C(O)C(O)C(=O)O. The Morgan fingerprint density at radius 2 is 1.36 bits per heavy atom. The summed E-state index contributed by atoms with van der Waals surface area (Å²) in [6.45, 7) is 2.43. The molecule has 8 nitrogen and oxygen atoms in total. The molecular formula is C14H27NO7. The second kappa shape index (κ2) is 11.4. The third-order valence-electron chi connectivity index (χ3n) is 3.35. The van der Waals surface area contributed by atoms with Gasteiger partial charge in [0.1, 0.15) is 12.2 Å². The highest BCUT2D eigenvalue weighted by Gasteiger charge is 2.37. The first-order chi connectivity index (χ1) is 10.3. The average molecular weight is 321 g/mol. The highest BCUT2D eigenvalue weighted by atomic mass is 16.4. The molecule has 0 saturated carbocycles. The third kappa shape index (κ3) is 7.69. The molecule has 0 radical (unpaired) electrons. The number of hydrogen-bond acceptors (Lipinski definition) is 6. The number of aliphatic carboxylic acids is 1. The zero-order valence-corrected chi connectivity index (χ0v) is 12.8. The van der Waals surface area contributed by atoms with Crippen LogP contribution in [-0.4, -0.2) is 68.4 Å². The number of carboxylic acids is 1. The summed E-state index contributed by atoms with van der Waals surface area (Å²) >= 11 is 0. The van der Waals surface area contributed by atoms with Gasteiger partial charge in [0.15, 0.2) is 12.2 Å². The van der Waals surface area contributed by atoms with Gasteiger partial charge in [0.05, 0.1) is 0 Å². The lowest BCUT2D eigenvalue weighted by molar-refractivity contribution is -0.166. The fourth-order valence-electron chi connectivity index (χ4n) is 1.90. The summed E-state index contributed by atoms with van der Waals surface area (Å²) in [4.78, 5) is 22.0. The second-order valence-electron chi connectivity index (χ2n) is 5.27. The standard InChI is InChI=1S/C14H27NO7/c1-2-3-4-5-6-7-8-15-13(20)11(18)9(16)10(17)12(19)14(21)22/h9-12,16-19H,2-8H2,1H3,(H,15,20)(H,21,22). The molecule has 0 bridgehead atoms. The minimum atomic E-state index is -2.28. The van der Waals surface area contributed by atoms with Crippen LogP contribution in [0.15, 0.2) is 0 Å². The number of rotatable bonds is 12. The molecule has 0 aromatic rings. The summed E-state index contributed by atoms with van der Waals surface area (Å²) in [5, 5.41) is 48.3. The largest absolute Gasteiger partial charge is 0.479 e. The molecule has 0 aromatic heterocycles. The predicted octanol–water partition coefficient (Wildman–Crippen LogP) is -1.01. The lowest BCUT2D eigenvalue weighted by atomic mass is 10.0. The van der Waals surface area contributed by atoms with E-state index in [1.165, 1.54) is 6.42 Å². The lowest BCUT2D eigenvalue weighted by Gasteiger charge is -2.23. The van der Waals surface area contributed by atoms with E-state index in [9.17, 15) is 24.9 Å². The van der Waals surface area contributed by atoms with Gasteiger partial charge in [-0.15, -0.1) is 0 Å². The second-order valence-corrected chi connectivity index (χ2v) is 5.27. The van der Waals surface area contributed by atoms with E-state index in [2.05, 4.69) is 12.2 Å². The number of unbranched alkanes of at least 4 members (excludes halogenated alkanes) is 5. The summed E-state index contributed by atoms with van der Waals surface area (Å²) in [6, 6.07) is 0. The van der Waals surface area contributed by atoms with Crippen molar-refractivity contribution in [3.05, 3.63) is 0 Å². The summed E-state index contributed by atoms with van der Waals surface area (Å²) in [6.07, 6.45) is -2.39. The highest BCUT2D eigenvalue weighted by Crippen LogP contribution is 2.07. The van der Waals surface area contributed by atoms with Crippen LogP contribution in [0.25, 0.3) is 0 Å². The fourth-order valence-corrected chi connectivity index (χ4v) is 1.90. The van der Waals surface area contributed by atoms with Crippen molar-refractivity contribution in [3.8, 4) is 0 Å². The van der Waals surface area contributed by atoms with Gasteiger partial charge in [-0.25, -0.2) is 4.79 Å². The topological polar surface area (TPSA) is 147 Å². The van der Waals surface area contributed by atoms with Crippen LogP contribution in [0.2, 0.25) is 0 Å². The van der Waals surface area contributed by atoms with E-state index in [4.69, 9.17) is 10.2 Å². The van der Waals surface area contributed by atoms with Gasteiger partial charge < -0.3 is 30.8 Å². The molecular weight excluding hydrogens is 294 g/mol. The number of carbonyl (C=O) groups excluding carboxylic acids is 1. The third-order valence-corrected chi connectivity index (χ3v) is 3.35. The van der Waals surface area contributed by atoms with Crippen LogP contribution in [-0.2, 0) is 9.59 Å². The van der Waals surface area contributed by atoms with Crippen LogP contribution in [0.5, 0.6) is 0 Å². The number of amides is 1. The van der Waals surface area contributed by atoms with Gasteiger partial charge in [0, 0.05) is 6.54 Å². The number of carboxylic acid groups (broad SMARTS) is 1. The molecule has 22 heavy (non-hydrogen) atoms. The Hall–Kier alpha value is -1.22. The van der Waals surface area contributed by atoms with Crippen LogP contribution in [0.3, 0.4) is 0 Å². The van der Waals surface area contributed by atoms with Crippen molar-refractivity contribution in [1.29, 1.82) is 0 Å². The van der Waals surface area contributed by atoms with Gasteiger partial charge in [0.25, 0.3) is 5.91 Å². The Morgan fingerprint density at radius 1 is 0.864 bits per heavy atom. The molecule has 0 aromatic carbocycles. The number of nitrogens with one attached hydrogen (secondary N) is 1. The van der Waals surface area contributed by atoms with Crippen LogP contribution in [0.1, 0.15) is 45.4 Å². The summed E-state index contributed by atoms with van der Waals surface area (Å²) < 4.78 is 0. The predicted molar refractivity (Wildman–Crippen MR) is 78.0 cm³/mol. The molecule has 0 fully saturated rings. The Bertz CT molecular complexity index is 337. The molecule has 0 heterocycles. The number of aliphatic hydroxyl groups is 4. The van der Waals surface area contributed by atoms with Crippen LogP contribution in [0, 0.1) is 0 Å². The van der Waals surface area contributed by atoms with Gasteiger partial charge in [0.2, 0.25) is 0 Å². The Balaban J connectivity index is 4.02. The molecule has 4 unspecified atom stereocenters. The first kappa shape index (κ1) is 20.8. The zero-order chi connectivity index (χ0) is 17.1. The first-order valence-electron chi connectivity index (χ1n) is 7.55. The van der Waals surface area contributed by atoms with E-state index in [1.54, 1.807) is 0 Å². The molecule has 6 N–H and O–H groups in total. The van der Waals surface area contributed by atoms with Gasteiger partial charge >= 0.3 is 5.97 Å². The van der Waals surface area contributed by atoms with Crippen molar-refractivity contribution in [2.24, 2.45) is 0 Å². The Morgan fingerprint density at radius 3 is 1.91 bits per heavy atom. The zero-order valence-electron chi connectivity index (χ0n) is 12.8. The van der Waals surface area contributed by atoms with Gasteiger partial charge in [-0.05, 0) is 6.42 Å². The average Bonchev–Trinajstić information content (AvgIpc) is 2.50. The van der Waals surface area contributed by atoms with E-state index in [0.717, 1.165) is 32.1 Å².